The number of nitriles is 1. The number of rotatable bonds is 5. The number of ether oxygens (including phenoxy) is 1. The molecule has 1 aromatic carbocycles. The number of hydrogen-bond donors (Lipinski definition) is 0. The molecule has 0 N–H and O–H groups in total. The molecule has 1 saturated heterocycles. The van der Waals surface area contributed by atoms with Crippen molar-refractivity contribution in [2.45, 2.75) is 12.8 Å². The van der Waals surface area contributed by atoms with Crippen LogP contribution in [0.1, 0.15) is 38.7 Å². The van der Waals surface area contributed by atoms with Gasteiger partial charge in [-0.3, -0.25) is 14.5 Å². The van der Waals surface area contributed by atoms with Gasteiger partial charge in [-0.1, -0.05) is 12.1 Å². The summed E-state index contributed by atoms with van der Waals surface area (Å²) in [6.07, 6.45) is 0.950. The van der Waals surface area contributed by atoms with Crippen LogP contribution >= 0.6 is 0 Å². The smallest absolute Gasteiger partial charge is 0.261 e. The third-order valence-corrected chi connectivity index (χ3v) is 4.71. The summed E-state index contributed by atoms with van der Waals surface area (Å²) >= 11 is 0. The van der Waals surface area contributed by atoms with E-state index in [0.717, 1.165) is 0 Å². The predicted octanol–water partition coefficient (Wildman–Crippen LogP) is 1.61. The zero-order valence-electron chi connectivity index (χ0n) is 14.7. The first kappa shape index (κ1) is 17.2. The molecule has 1 fully saturated rings. The molecule has 0 unspecified atom stereocenters. The maximum absolute atomic E-state index is 12.4. The van der Waals surface area contributed by atoms with E-state index in [1.165, 1.54) is 4.90 Å². The Morgan fingerprint density at radius 1 is 1.11 bits per heavy atom. The van der Waals surface area contributed by atoms with Gasteiger partial charge in [0.2, 0.25) is 11.6 Å². The number of benzene rings is 1. The number of nitrogens with zero attached hydrogens (tertiary/aromatic N) is 4. The van der Waals surface area contributed by atoms with Crippen molar-refractivity contribution in [3.63, 3.8) is 0 Å². The van der Waals surface area contributed by atoms with Crippen LogP contribution in [-0.2, 0) is 11.2 Å². The first-order chi connectivity index (χ1) is 13.2. The van der Waals surface area contributed by atoms with Crippen molar-refractivity contribution in [2.75, 3.05) is 37.7 Å². The molecule has 0 bridgehead atoms. The topological polar surface area (TPSA) is 99.7 Å². The summed E-state index contributed by atoms with van der Waals surface area (Å²) < 4.78 is 11.1. The Labute approximate surface area is 155 Å². The van der Waals surface area contributed by atoms with E-state index >= 15 is 0 Å². The number of oxazole rings is 1. The van der Waals surface area contributed by atoms with Gasteiger partial charge in [-0.15, -0.1) is 0 Å². The molecule has 0 radical (unpaired) electrons. The molecule has 2 aliphatic rings. The molecule has 2 aromatic rings. The molecule has 3 heterocycles. The van der Waals surface area contributed by atoms with Gasteiger partial charge in [0.25, 0.3) is 11.8 Å². The molecule has 0 spiro atoms. The van der Waals surface area contributed by atoms with Crippen LogP contribution in [0.25, 0.3) is 0 Å². The predicted molar refractivity (Wildman–Crippen MR) is 94.4 cm³/mol. The monoisotopic (exact) mass is 366 g/mol. The molecule has 2 aliphatic heterocycles. The van der Waals surface area contributed by atoms with E-state index in [1.807, 2.05) is 4.90 Å². The fourth-order valence-corrected chi connectivity index (χ4v) is 3.35. The molecule has 27 heavy (non-hydrogen) atoms. The average molecular weight is 366 g/mol. The van der Waals surface area contributed by atoms with E-state index in [0.29, 0.717) is 62.0 Å². The SMILES string of the molecule is N#Cc1nc(CCCN2C(=O)c3ccccc3C2=O)oc1N1CCOCC1. The highest BCUT2D eigenvalue weighted by molar-refractivity contribution is 6.21. The maximum Gasteiger partial charge on any atom is 0.261 e. The molecule has 4 rings (SSSR count). The summed E-state index contributed by atoms with van der Waals surface area (Å²) in [5.74, 6) is 0.366. The van der Waals surface area contributed by atoms with Crippen molar-refractivity contribution in [1.29, 1.82) is 5.26 Å². The summed E-state index contributed by atoms with van der Waals surface area (Å²) in [6.45, 7) is 2.75. The Morgan fingerprint density at radius 3 is 2.41 bits per heavy atom. The Bertz CT molecular complexity index is 889. The van der Waals surface area contributed by atoms with Crippen molar-refractivity contribution in [3.8, 4) is 6.07 Å². The van der Waals surface area contributed by atoms with Gasteiger partial charge in [-0.05, 0) is 18.6 Å². The van der Waals surface area contributed by atoms with E-state index in [1.54, 1.807) is 24.3 Å². The molecule has 0 aliphatic carbocycles. The number of aromatic nitrogens is 1. The first-order valence-corrected chi connectivity index (χ1v) is 8.87. The van der Waals surface area contributed by atoms with Gasteiger partial charge in [-0.25, -0.2) is 4.98 Å². The minimum absolute atomic E-state index is 0.257. The lowest BCUT2D eigenvalue weighted by molar-refractivity contribution is 0.0651. The second kappa shape index (κ2) is 7.21. The highest BCUT2D eigenvalue weighted by atomic mass is 16.5. The molecular weight excluding hydrogens is 348 g/mol. The highest BCUT2D eigenvalue weighted by Crippen LogP contribution is 2.25. The van der Waals surface area contributed by atoms with Crippen LogP contribution in [-0.4, -0.2) is 54.5 Å². The maximum atomic E-state index is 12.4. The molecule has 0 saturated carbocycles. The van der Waals surface area contributed by atoms with Crippen molar-refractivity contribution < 1.29 is 18.7 Å². The lowest BCUT2D eigenvalue weighted by Crippen LogP contribution is -2.36. The van der Waals surface area contributed by atoms with E-state index in [2.05, 4.69) is 11.1 Å². The Hall–Kier alpha value is -3.18. The van der Waals surface area contributed by atoms with Gasteiger partial charge < -0.3 is 14.1 Å². The minimum Gasteiger partial charge on any atom is -0.424 e. The lowest BCUT2D eigenvalue weighted by Gasteiger charge is -2.26. The van der Waals surface area contributed by atoms with Crippen molar-refractivity contribution in [2.24, 2.45) is 0 Å². The average Bonchev–Trinajstić information content (AvgIpc) is 3.23. The molecule has 2 amide bonds. The second-order valence-corrected chi connectivity index (χ2v) is 6.38. The standard InChI is InChI=1S/C19H18N4O4/c20-12-15-19(22-8-10-26-11-9-22)27-16(21-15)6-3-7-23-17(24)13-4-1-2-5-14(13)18(23)25/h1-2,4-5H,3,6-11H2. The molecule has 8 heteroatoms. The highest BCUT2D eigenvalue weighted by Gasteiger charge is 2.34. The molecule has 8 nitrogen and oxygen atoms in total. The van der Waals surface area contributed by atoms with Gasteiger partial charge in [0.05, 0.1) is 24.3 Å². The number of fused-ring (bicyclic) bond motifs is 1. The number of carbonyl (C=O) groups excluding carboxylic acids is 2. The number of imide groups is 1. The summed E-state index contributed by atoms with van der Waals surface area (Å²) in [5.41, 5.74) is 1.15. The van der Waals surface area contributed by atoms with Gasteiger partial charge >= 0.3 is 0 Å². The van der Waals surface area contributed by atoms with Crippen LogP contribution in [0.4, 0.5) is 5.88 Å². The summed E-state index contributed by atoms with van der Waals surface area (Å²) in [7, 11) is 0. The van der Waals surface area contributed by atoms with Gasteiger partial charge in [0, 0.05) is 26.1 Å². The zero-order chi connectivity index (χ0) is 18.8. The fourth-order valence-electron chi connectivity index (χ4n) is 3.35. The van der Waals surface area contributed by atoms with Crippen LogP contribution in [0.15, 0.2) is 28.7 Å². The Kier molecular flexibility index (Phi) is 4.60. The quantitative estimate of drug-likeness (QED) is 0.741. The van der Waals surface area contributed by atoms with Crippen LogP contribution in [0, 0.1) is 11.3 Å². The van der Waals surface area contributed by atoms with Gasteiger partial charge in [0.1, 0.15) is 6.07 Å². The van der Waals surface area contributed by atoms with Gasteiger partial charge in [-0.2, -0.15) is 5.26 Å². The number of aryl methyl sites for hydroxylation is 1. The number of carbonyl (C=O) groups is 2. The summed E-state index contributed by atoms with van der Waals surface area (Å²) in [6, 6.07) is 8.89. The number of amides is 2. The van der Waals surface area contributed by atoms with Crippen molar-refractivity contribution >= 4 is 17.7 Å². The third-order valence-electron chi connectivity index (χ3n) is 4.71. The molecule has 138 valence electrons. The van der Waals surface area contributed by atoms with E-state index in [-0.39, 0.29) is 24.1 Å². The third kappa shape index (κ3) is 3.17. The van der Waals surface area contributed by atoms with E-state index in [9.17, 15) is 14.9 Å². The fraction of sp³-hybridized carbons (Fsp3) is 0.368. The molecular formula is C19H18N4O4. The number of morpholine rings is 1. The van der Waals surface area contributed by atoms with Crippen LogP contribution in [0.3, 0.4) is 0 Å². The van der Waals surface area contributed by atoms with E-state index in [4.69, 9.17) is 9.15 Å². The van der Waals surface area contributed by atoms with Gasteiger partial charge in [0.15, 0.2) is 5.89 Å². The minimum atomic E-state index is -0.269. The van der Waals surface area contributed by atoms with Crippen LogP contribution in [0.5, 0.6) is 0 Å². The van der Waals surface area contributed by atoms with E-state index < -0.39 is 0 Å². The Morgan fingerprint density at radius 2 is 1.78 bits per heavy atom. The normalized spacial score (nSPS) is 16.6. The largest absolute Gasteiger partial charge is 0.424 e. The molecule has 1 aromatic heterocycles. The van der Waals surface area contributed by atoms with Crippen molar-refractivity contribution in [1.82, 2.24) is 9.88 Å². The van der Waals surface area contributed by atoms with Crippen molar-refractivity contribution in [3.05, 3.63) is 47.0 Å². The second-order valence-electron chi connectivity index (χ2n) is 6.38. The Balaban J connectivity index is 1.40. The molecule has 0 atom stereocenters. The zero-order valence-corrected chi connectivity index (χ0v) is 14.7. The first-order valence-electron chi connectivity index (χ1n) is 8.87. The van der Waals surface area contributed by atoms with Crippen LogP contribution in [0.2, 0.25) is 0 Å². The summed E-state index contributed by atoms with van der Waals surface area (Å²) in [5, 5.41) is 9.30. The number of hydrogen-bond acceptors (Lipinski definition) is 7. The lowest BCUT2D eigenvalue weighted by atomic mass is 10.1. The number of anilines is 1. The van der Waals surface area contributed by atoms with Crippen LogP contribution < -0.4 is 4.90 Å². The summed E-state index contributed by atoms with van der Waals surface area (Å²) in [4.78, 5) is 32.2.